The Morgan fingerprint density at radius 3 is 2.65 bits per heavy atom. The molecule has 2 N–H and O–H groups in total. The molecule has 0 radical (unpaired) electrons. The maximum Gasteiger partial charge on any atom is 0.294 e. The van der Waals surface area contributed by atoms with E-state index in [2.05, 4.69) is 4.98 Å². The van der Waals surface area contributed by atoms with Crippen LogP contribution in [0.2, 0.25) is 0 Å². The molecule has 0 fully saturated rings. The van der Waals surface area contributed by atoms with Crippen LogP contribution < -0.4 is 10.2 Å². The van der Waals surface area contributed by atoms with E-state index in [-0.39, 0.29) is 11.6 Å². The van der Waals surface area contributed by atoms with Crippen molar-refractivity contribution in [3.05, 3.63) is 47.5 Å². The summed E-state index contributed by atoms with van der Waals surface area (Å²) >= 11 is 0. The van der Waals surface area contributed by atoms with Crippen LogP contribution in [0.4, 0.5) is 0 Å². The molecule has 1 aromatic carbocycles. The SMILES string of the molecule is COc1ccc(C(=O)N2CCn3cc(C(=O)NO)nc3C2)cc1. The minimum atomic E-state index is -0.667. The van der Waals surface area contributed by atoms with E-state index in [0.29, 0.717) is 36.8 Å². The lowest BCUT2D eigenvalue weighted by Crippen LogP contribution is -2.38. The topological polar surface area (TPSA) is 96.7 Å². The lowest BCUT2D eigenvalue weighted by molar-refractivity contribution is 0.0700. The Bertz CT molecular complexity index is 738. The Morgan fingerprint density at radius 1 is 1.26 bits per heavy atom. The van der Waals surface area contributed by atoms with Crippen molar-refractivity contribution < 1.29 is 19.5 Å². The Kier molecular flexibility index (Phi) is 3.98. The normalized spacial score (nSPS) is 13.4. The number of ether oxygens (including phenoxy) is 1. The molecule has 0 saturated carbocycles. The molecule has 0 unspecified atom stereocenters. The third kappa shape index (κ3) is 2.88. The number of hydrogen-bond acceptors (Lipinski definition) is 5. The van der Waals surface area contributed by atoms with E-state index >= 15 is 0 Å². The minimum absolute atomic E-state index is 0.102. The number of amides is 2. The van der Waals surface area contributed by atoms with Gasteiger partial charge in [0.1, 0.15) is 17.3 Å². The van der Waals surface area contributed by atoms with Crippen LogP contribution in [0.25, 0.3) is 0 Å². The lowest BCUT2D eigenvalue weighted by Gasteiger charge is -2.27. The molecule has 0 bridgehead atoms. The minimum Gasteiger partial charge on any atom is -0.497 e. The molecule has 0 saturated heterocycles. The maximum atomic E-state index is 12.5. The van der Waals surface area contributed by atoms with E-state index in [1.807, 2.05) is 4.57 Å². The molecule has 0 spiro atoms. The fourth-order valence-corrected chi connectivity index (χ4v) is 2.51. The Morgan fingerprint density at radius 2 is 2.00 bits per heavy atom. The summed E-state index contributed by atoms with van der Waals surface area (Å²) in [5, 5.41) is 8.66. The fourth-order valence-electron chi connectivity index (χ4n) is 2.51. The van der Waals surface area contributed by atoms with Crippen molar-refractivity contribution >= 4 is 11.8 Å². The highest BCUT2D eigenvalue weighted by atomic mass is 16.5. The van der Waals surface area contributed by atoms with Gasteiger partial charge in [-0.1, -0.05) is 0 Å². The molecule has 3 rings (SSSR count). The van der Waals surface area contributed by atoms with Crippen molar-refractivity contribution in [2.24, 2.45) is 0 Å². The van der Waals surface area contributed by atoms with Gasteiger partial charge in [-0.05, 0) is 24.3 Å². The summed E-state index contributed by atoms with van der Waals surface area (Å²) < 4.78 is 6.89. The van der Waals surface area contributed by atoms with Crippen LogP contribution in [0.15, 0.2) is 30.5 Å². The van der Waals surface area contributed by atoms with Crippen molar-refractivity contribution in [3.8, 4) is 5.75 Å². The third-order valence-electron chi connectivity index (χ3n) is 3.76. The average Bonchev–Trinajstić information content (AvgIpc) is 3.03. The van der Waals surface area contributed by atoms with Crippen molar-refractivity contribution in [1.82, 2.24) is 19.9 Å². The highest BCUT2D eigenvalue weighted by Gasteiger charge is 2.24. The first kappa shape index (κ1) is 15.0. The van der Waals surface area contributed by atoms with Gasteiger partial charge >= 0.3 is 0 Å². The predicted molar refractivity (Wildman–Crippen MR) is 79.2 cm³/mol. The van der Waals surface area contributed by atoms with Crippen molar-refractivity contribution in [2.75, 3.05) is 13.7 Å². The van der Waals surface area contributed by atoms with Gasteiger partial charge in [0, 0.05) is 24.8 Å². The third-order valence-corrected chi connectivity index (χ3v) is 3.76. The van der Waals surface area contributed by atoms with Gasteiger partial charge in [0.05, 0.1) is 13.7 Å². The summed E-state index contributed by atoms with van der Waals surface area (Å²) in [6.45, 7) is 1.38. The summed E-state index contributed by atoms with van der Waals surface area (Å²) in [7, 11) is 1.57. The first-order valence-corrected chi connectivity index (χ1v) is 7.06. The van der Waals surface area contributed by atoms with E-state index in [1.54, 1.807) is 48.0 Å². The number of hydrogen-bond donors (Lipinski definition) is 2. The molecule has 8 heteroatoms. The molecule has 8 nitrogen and oxygen atoms in total. The number of nitrogens with one attached hydrogen (secondary N) is 1. The van der Waals surface area contributed by atoms with Crippen LogP contribution in [0.3, 0.4) is 0 Å². The number of nitrogens with zero attached hydrogens (tertiary/aromatic N) is 3. The fraction of sp³-hybridized carbons (Fsp3) is 0.267. The molecule has 120 valence electrons. The van der Waals surface area contributed by atoms with Crippen LogP contribution in [0, 0.1) is 0 Å². The van der Waals surface area contributed by atoms with Crippen LogP contribution in [0.5, 0.6) is 5.75 Å². The van der Waals surface area contributed by atoms with Gasteiger partial charge in [-0.3, -0.25) is 14.8 Å². The number of hydroxylamine groups is 1. The number of carbonyl (C=O) groups excluding carboxylic acids is 2. The second-order valence-electron chi connectivity index (χ2n) is 5.13. The van der Waals surface area contributed by atoms with E-state index in [4.69, 9.17) is 9.94 Å². The highest BCUT2D eigenvalue weighted by molar-refractivity contribution is 5.94. The zero-order valence-corrected chi connectivity index (χ0v) is 12.5. The Balaban J connectivity index is 1.76. The quantitative estimate of drug-likeness (QED) is 0.641. The molecule has 0 atom stereocenters. The van der Waals surface area contributed by atoms with Gasteiger partial charge in [0.15, 0.2) is 0 Å². The summed E-state index contributed by atoms with van der Waals surface area (Å²) in [6.07, 6.45) is 1.57. The molecule has 23 heavy (non-hydrogen) atoms. The van der Waals surface area contributed by atoms with Crippen LogP contribution >= 0.6 is 0 Å². The molecule has 1 aliphatic rings. The van der Waals surface area contributed by atoms with Gasteiger partial charge in [-0.15, -0.1) is 0 Å². The zero-order chi connectivity index (χ0) is 16.4. The second-order valence-corrected chi connectivity index (χ2v) is 5.13. The largest absolute Gasteiger partial charge is 0.497 e. The second kappa shape index (κ2) is 6.09. The number of fused-ring (bicyclic) bond motifs is 1. The van der Waals surface area contributed by atoms with E-state index in [1.165, 1.54) is 0 Å². The summed E-state index contributed by atoms with van der Waals surface area (Å²) in [4.78, 5) is 29.8. The van der Waals surface area contributed by atoms with Gasteiger partial charge in [-0.2, -0.15) is 0 Å². The van der Waals surface area contributed by atoms with Gasteiger partial charge in [-0.25, -0.2) is 10.5 Å². The van der Waals surface area contributed by atoms with E-state index < -0.39 is 5.91 Å². The smallest absolute Gasteiger partial charge is 0.294 e. The summed E-state index contributed by atoms with van der Waals surface area (Å²) in [6, 6.07) is 6.91. The number of benzene rings is 1. The standard InChI is InChI=1S/C15H16N4O4/c1-23-11-4-2-10(3-5-11)15(21)19-7-6-18-8-12(14(20)17-22)16-13(18)9-19/h2-5,8,22H,6-7,9H2,1H3,(H,17,20). The molecular weight excluding hydrogens is 300 g/mol. The van der Waals surface area contributed by atoms with E-state index in [0.717, 1.165) is 0 Å². The number of imidazole rings is 1. The molecule has 2 heterocycles. The van der Waals surface area contributed by atoms with Crippen molar-refractivity contribution in [1.29, 1.82) is 0 Å². The first-order chi connectivity index (χ1) is 11.1. The molecular formula is C15H16N4O4. The monoisotopic (exact) mass is 316 g/mol. The molecule has 1 aromatic heterocycles. The number of carbonyl (C=O) groups is 2. The van der Waals surface area contributed by atoms with Crippen LogP contribution in [-0.2, 0) is 13.1 Å². The lowest BCUT2D eigenvalue weighted by atomic mass is 10.2. The molecule has 1 aliphatic heterocycles. The van der Waals surface area contributed by atoms with E-state index in [9.17, 15) is 9.59 Å². The van der Waals surface area contributed by atoms with Crippen LogP contribution in [-0.4, -0.2) is 45.1 Å². The Labute approximate surface area is 132 Å². The Hall–Kier alpha value is -2.87. The first-order valence-electron chi connectivity index (χ1n) is 7.06. The maximum absolute atomic E-state index is 12.5. The summed E-state index contributed by atoms with van der Waals surface area (Å²) in [5.74, 6) is 0.530. The van der Waals surface area contributed by atoms with Crippen molar-refractivity contribution in [2.45, 2.75) is 13.1 Å². The highest BCUT2D eigenvalue weighted by Crippen LogP contribution is 2.17. The zero-order valence-electron chi connectivity index (χ0n) is 12.5. The molecule has 2 aromatic rings. The number of methoxy groups -OCH3 is 1. The number of aromatic nitrogens is 2. The van der Waals surface area contributed by atoms with Gasteiger partial charge in [0.25, 0.3) is 11.8 Å². The van der Waals surface area contributed by atoms with Crippen LogP contribution in [0.1, 0.15) is 26.7 Å². The molecule has 2 amide bonds. The van der Waals surface area contributed by atoms with Gasteiger partial charge in [0.2, 0.25) is 0 Å². The van der Waals surface area contributed by atoms with Crippen molar-refractivity contribution in [3.63, 3.8) is 0 Å². The average molecular weight is 316 g/mol. The molecule has 0 aliphatic carbocycles. The number of rotatable bonds is 3. The predicted octanol–water partition coefficient (Wildman–Crippen LogP) is 0.667. The van der Waals surface area contributed by atoms with Gasteiger partial charge < -0.3 is 14.2 Å². The summed E-state index contributed by atoms with van der Waals surface area (Å²) in [5.41, 5.74) is 2.25.